The summed E-state index contributed by atoms with van der Waals surface area (Å²) in [6, 6.07) is 2.78. The summed E-state index contributed by atoms with van der Waals surface area (Å²) in [4.78, 5) is 0. The van der Waals surface area contributed by atoms with Gasteiger partial charge in [-0.1, -0.05) is 0 Å². The average Bonchev–Trinajstić information content (AvgIpc) is 2.13. The van der Waals surface area contributed by atoms with Gasteiger partial charge in [0.15, 0.2) is 0 Å². The minimum atomic E-state index is -1.44. The van der Waals surface area contributed by atoms with Gasteiger partial charge in [-0.25, -0.2) is 0 Å². The third-order valence-electron chi connectivity index (χ3n) is 2.35. The van der Waals surface area contributed by atoms with Crippen LogP contribution in [0.25, 0.3) is 0 Å². The van der Waals surface area contributed by atoms with Crippen LogP contribution in [-0.4, -0.2) is 21.6 Å². The van der Waals surface area contributed by atoms with E-state index in [-0.39, 0.29) is 0 Å². The summed E-state index contributed by atoms with van der Waals surface area (Å²) in [5.74, 6) is -2.58. The molecule has 0 radical (unpaired) electrons. The minimum absolute atomic E-state index is 0.297. The molecule has 0 aliphatic carbocycles. The molecule has 0 N–H and O–H groups in total. The zero-order valence-corrected chi connectivity index (χ0v) is 12.1. The van der Waals surface area contributed by atoms with Gasteiger partial charge >= 0.3 is 94.8 Å². The third-order valence-corrected chi connectivity index (χ3v) is 14.0. The van der Waals surface area contributed by atoms with E-state index < -0.39 is 39.1 Å². The number of hydrogen-bond donors (Lipinski definition) is 0. The normalized spacial score (nSPS) is 12.7. The summed E-state index contributed by atoms with van der Waals surface area (Å²) < 4.78 is 39.5. The Bertz CT molecular complexity index is 366. The van der Waals surface area contributed by atoms with Crippen molar-refractivity contribution < 1.29 is 13.2 Å². The van der Waals surface area contributed by atoms with E-state index in [2.05, 4.69) is 20.0 Å². The fraction of sp³-hybridized carbons (Fsp3) is 0.400. The molecule has 0 saturated carbocycles. The Balaban J connectivity index is 3.05. The summed E-state index contributed by atoms with van der Waals surface area (Å²) >= 11 is -0.737. The molecule has 0 saturated heterocycles. The molecular formula is C10H14AsF3Si. The quantitative estimate of drug-likeness (QED) is 0.593. The third kappa shape index (κ3) is 3.38. The maximum atomic E-state index is 13.4. The van der Waals surface area contributed by atoms with Gasteiger partial charge in [-0.3, -0.25) is 0 Å². The zero-order valence-electron chi connectivity index (χ0n) is 9.00. The molecule has 15 heavy (non-hydrogen) atoms. The molecule has 1 rings (SSSR count). The first-order chi connectivity index (χ1) is 6.85. The molecule has 0 aromatic heterocycles. The number of halogens is 3. The van der Waals surface area contributed by atoms with E-state index in [1.807, 2.05) is 0 Å². The maximum absolute atomic E-state index is 13.4. The van der Waals surface area contributed by atoms with Crippen LogP contribution >= 0.6 is 0 Å². The standard InChI is InChI=1S/C10H14AsF3Si/c1-4-15(2,3)11-8-5-7(12)6-9(13)10(8)14/h5-6,11H,4H2,1-3H3. The van der Waals surface area contributed by atoms with Gasteiger partial charge < -0.3 is 0 Å². The van der Waals surface area contributed by atoms with Crippen LogP contribution in [0.15, 0.2) is 12.1 Å². The number of hydrogen-bond acceptors (Lipinski definition) is 0. The molecule has 0 nitrogen and oxygen atoms in total. The van der Waals surface area contributed by atoms with Crippen LogP contribution in [0.1, 0.15) is 6.92 Å². The van der Waals surface area contributed by atoms with Crippen LogP contribution < -0.4 is 4.35 Å². The van der Waals surface area contributed by atoms with Gasteiger partial charge in [0.05, 0.1) is 0 Å². The molecule has 0 aliphatic rings. The molecular weight excluding hydrogens is 280 g/mol. The Morgan fingerprint density at radius 2 is 1.80 bits per heavy atom. The Morgan fingerprint density at radius 3 is 2.33 bits per heavy atom. The van der Waals surface area contributed by atoms with Gasteiger partial charge in [0.1, 0.15) is 0 Å². The Hall–Kier alpha value is -0.215. The van der Waals surface area contributed by atoms with Gasteiger partial charge in [-0.2, -0.15) is 0 Å². The molecule has 0 bridgehead atoms. The van der Waals surface area contributed by atoms with Crippen LogP contribution in [0.5, 0.6) is 0 Å². The van der Waals surface area contributed by atoms with Crippen LogP contribution in [0.4, 0.5) is 13.2 Å². The van der Waals surface area contributed by atoms with E-state index in [0.717, 1.165) is 12.1 Å². The van der Waals surface area contributed by atoms with Crippen molar-refractivity contribution in [3.05, 3.63) is 29.6 Å². The van der Waals surface area contributed by atoms with Crippen molar-refractivity contribution in [1.29, 1.82) is 0 Å². The fourth-order valence-corrected chi connectivity index (χ4v) is 9.57. The zero-order chi connectivity index (χ0) is 11.6. The van der Waals surface area contributed by atoms with Gasteiger partial charge in [0.2, 0.25) is 0 Å². The topological polar surface area (TPSA) is 0 Å². The molecule has 0 spiro atoms. The van der Waals surface area contributed by atoms with Crippen molar-refractivity contribution in [3.8, 4) is 0 Å². The SMILES string of the molecule is CC[Si](C)(C)[AsH]c1cc(F)cc(F)c1F. The first-order valence-electron chi connectivity index (χ1n) is 4.78. The molecule has 1 aromatic rings. The average molecular weight is 294 g/mol. The van der Waals surface area contributed by atoms with Gasteiger partial charge in [-0.15, -0.1) is 0 Å². The second kappa shape index (κ2) is 4.75. The predicted molar refractivity (Wildman–Crippen MR) is 61.1 cm³/mol. The van der Waals surface area contributed by atoms with E-state index in [9.17, 15) is 13.2 Å². The summed E-state index contributed by atoms with van der Waals surface area (Å²) in [6.07, 6.45) is 0. The van der Waals surface area contributed by atoms with E-state index in [4.69, 9.17) is 0 Å². The Kier molecular flexibility index (Phi) is 4.07. The van der Waals surface area contributed by atoms with Gasteiger partial charge in [0, 0.05) is 0 Å². The van der Waals surface area contributed by atoms with Crippen LogP contribution in [0.2, 0.25) is 19.1 Å². The van der Waals surface area contributed by atoms with Gasteiger partial charge in [-0.05, 0) is 0 Å². The van der Waals surface area contributed by atoms with Crippen LogP contribution in [0.3, 0.4) is 0 Å². The van der Waals surface area contributed by atoms with Crippen molar-refractivity contribution in [1.82, 2.24) is 0 Å². The van der Waals surface area contributed by atoms with E-state index in [1.54, 1.807) is 0 Å². The van der Waals surface area contributed by atoms with E-state index >= 15 is 0 Å². The predicted octanol–water partition coefficient (Wildman–Crippen LogP) is 2.39. The molecule has 0 amide bonds. The van der Waals surface area contributed by atoms with Crippen molar-refractivity contribution in [2.24, 2.45) is 0 Å². The van der Waals surface area contributed by atoms with E-state index in [0.29, 0.717) is 10.4 Å². The summed E-state index contributed by atoms with van der Waals surface area (Å²) in [5, 5.41) is 0. The molecule has 84 valence electrons. The molecule has 1 atom stereocenters. The summed E-state index contributed by atoms with van der Waals surface area (Å²) in [5.41, 5.74) is 0. The first-order valence-corrected chi connectivity index (χ1v) is 12.2. The van der Waals surface area contributed by atoms with Crippen molar-refractivity contribution >= 4 is 26.0 Å². The molecule has 1 aromatic carbocycles. The number of benzene rings is 1. The molecule has 1 unspecified atom stereocenters. The van der Waals surface area contributed by atoms with Crippen molar-refractivity contribution in [3.63, 3.8) is 0 Å². The second-order valence-electron chi connectivity index (χ2n) is 4.11. The molecule has 0 heterocycles. The summed E-state index contributed by atoms with van der Waals surface area (Å²) in [6.45, 7) is 4.88. The Labute approximate surface area is 95.0 Å². The monoisotopic (exact) mass is 294 g/mol. The van der Waals surface area contributed by atoms with Crippen LogP contribution in [0, 0.1) is 17.5 Å². The molecule has 0 aliphatic heterocycles. The fourth-order valence-electron chi connectivity index (χ4n) is 1.10. The summed E-state index contributed by atoms with van der Waals surface area (Å²) in [7, 11) is 0. The van der Waals surface area contributed by atoms with E-state index in [1.165, 1.54) is 0 Å². The van der Waals surface area contributed by atoms with Crippen molar-refractivity contribution in [2.75, 3.05) is 0 Å². The molecule has 5 heteroatoms. The van der Waals surface area contributed by atoms with Crippen LogP contribution in [-0.2, 0) is 0 Å². The van der Waals surface area contributed by atoms with Crippen molar-refractivity contribution in [2.45, 2.75) is 26.1 Å². The molecule has 0 fully saturated rings. The second-order valence-corrected chi connectivity index (χ2v) is 20.1. The van der Waals surface area contributed by atoms with Gasteiger partial charge in [0.25, 0.3) is 0 Å². The Morgan fingerprint density at radius 1 is 1.20 bits per heavy atom. The number of rotatable bonds is 3. The first kappa shape index (κ1) is 12.9.